The lowest BCUT2D eigenvalue weighted by atomic mass is 9.78. The van der Waals surface area contributed by atoms with Crippen LogP contribution >= 0.6 is 0 Å². The number of aromatic hydroxyl groups is 3. The first-order valence-corrected chi connectivity index (χ1v) is 23.3. The monoisotopic (exact) mass is 956 g/mol. The highest BCUT2D eigenvalue weighted by atomic mass is 16.7. The molecule has 0 spiro atoms. The molecular weight excluding hydrogens is 889 g/mol. The number of carbonyl (C=O) groups excluding carboxylic acids is 3. The van der Waals surface area contributed by atoms with Gasteiger partial charge in [-0.15, -0.1) is 0 Å². The number of amides is 1. The molecule has 1 fully saturated rings. The van der Waals surface area contributed by atoms with Crippen LogP contribution in [0.25, 0.3) is 10.8 Å². The quantitative estimate of drug-likeness (QED) is 0.0627. The highest BCUT2D eigenvalue weighted by Crippen LogP contribution is 2.55. The Bertz CT molecular complexity index is 2530. The van der Waals surface area contributed by atoms with Gasteiger partial charge in [-0.2, -0.15) is 5.10 Å². The molecule has 3 aromatic carbocycles. The fourth-order valence-electron chi connectivity index (χ4n) is 9.77. The number of nitrogens with one attached hydrogen (secondary N) is 1. The topological polar surface area (TPSA) is 229 Å². The molecule has 6 N–H and O–H groups in total. The van der Waals surface area contributed by atoms with Gasteiger partial charge in [0.25, 0.3) is 11.7 Å². The van der Waals surface area contributed by atoms with Crippen LogP contribution in [0.5, 0.6) is 28.7 Å². The summed E-state index contributed by atoms with van der Waals surface area (Å²) in [5.74, 6) is -7.76. The average Bonchev–Trinajstić information content (AvgIpc) is 3.57. The fraction of sp³-hybridized carbons (Fsp3) is 0.500. The maximum Gasteiger partial charge on any atom is 0.312 e. The second-order valence-electron chi connectivity index (χ2n) is 19.0. The van der Waals surface area contributed by atoms with Crippen molar-refractivity contribution in [2.75, 3.05) is 32.6 Å². The van der Waals surface area contributed by atoms with Crippen molar-refractivity contribution in [3.05, 3.63) is 82.7 Å². The first-order valence-electron chi connectivity index (χ1n) is 23.3. The van der Waals surface area contributed by atoms with Gasteiger partial charge in [-0.3, -0.25) is 24.3 Å². The van der Waals surface area contributed by atoms with E-state index < -0.39 is 88.8 Å². The lowest BCUT2D eigenvalue weighted by Gasteiger charge is -2.42. The number of benzene rings is 3. The number of esters is 1. The van der Waals surface area contributed by atoms with Crippen molar-refractivity contribution in [3.63, 3.8) is 0 Å². The molecule has 3 aromatic rings. The van der Waals surface area contributed by atoms with Gasteiger partial charge in [0.05, 0.1) is 72.2 Å². The molecular formula is C52H68N4O13. The SMILES string of the molecule is COc1ccc(CN2CC(C)N(/N=C/c3c4c(O)c5c(O)c(C)c6c(c5c3O)C(=O)[C@@](C)(O/C=C/[C@H](OC)[C@@H](C)[C@@H](OC(C)=O)[C@H](C)[C@H](O)[C@H](C)[C@@H](O)[C@@H](C)/C=C/C=C(/C)C(=O)N4)O6)C(C)C2)cc1. The zero-order valence-electron chi connectivity index (χ0n) is 41.5. The van der Waals surface area contributed by atoms with Crippen LogP contribution in [0.15, 0.2) is 65.5 Å². The number of anilines is 1. The Kier molecular flexibility index (Phi) is 16.1. The highest BCUT2D eigenvalue weighted by molar-refractivity contribution is 6.23. The number of fused-ring (bicyclic) bond motifs is 14. The summed E-state index contributed by atoms with van der Waals surface area (Å²) >= 11 is 0. The van der Waals surface area contributed by atoms with Gasteiger partial charge in [0.15, 0.2) is 5.75 Å². The summed E-state index contributed by atoms with van der Waals surface area (Å²) in [6, 6.07) is 7.62. The first-order chi connectivity index (χ1) is 32.5. The zero-order valence-corrected chi connectivity index (χ0v) is 41.5. The van der Waals surface area contributed by atoms with Gasteiger partial charge in [0, 0.05) is 80.8 Å². The number of ketones is 1. The third-order valence-corrected chi connectivity index (χ3v) is 13.9. The van der Waals surface area contributed by atoms with Crippen LogP contribution in [0.4, 0.5) is 5.69 Å². The summed E-state index contributed by atoms with van der Waals surface area (Å²) in [6.45, 7) is 18.5. The minimum atomic E-state index is -2.07. The molecule has 4 aliphatic rings. The molecule has 11 atom stereocenters. The van der Waals surface area contributed by atoms with Gasteiger partial charge in [-0.1, -0.05) is 58.1 Å². The zero-order chi connectivity index (χ0) is 50.8. The molecule has 4 aliphatic heterocycles. The van der Waals surface area contributed by atoms with E-state index >= 15 is 0 Å². The van der Waals surface area contributed by atoms with Gasteiger partial charge in [-0.05, 0) is 51.5 Å². The Hall–Kier alpha value is -6.14. The summed E-state index contributed by atoms with van der Waals surface area (Å²) in [4.78, 5) is 43.4. The molecule has 0 saturated carbocycles. The number of methoxy groups -OCH3 is 2. The Morgan fingerprint density at radius 3 is 2.16 bits per heavy atom. The van der Waals surface area contributed by atoms with Gasteiger partial charge in [0.2, 0.25) is 0 Å². The van der Waals surface area contributed by atoms with E-state index in [0.717, 1.165) is 11.3 Å². The summed E-state index contributed by atoms with van der Waals surface area (Å²) in [5.41, 5.74) is 0.686. The maximum atomic E-state index is 14.7. The molecule has 374 valence electrons. The Morgan fingerprint density at radius 2 is 1.55 bits per heavy atom. The minimum absolute atomic E-state index is 0.0446. The van der Waals surface area contributed by atoms with E-state index in [4.69, 9.17) is 28.8 Å². The number of nitrogens with zero attached hydrogens (tertiary/aromatic N) is 3. The predicted molar refractivity (Wildman–Crippen MR) is 260 cm³/mol. The predicted octanol–water partition coefficient (Wildman–Crippen LogP) is 6.69. The summed E-state index contributed by atoms with van der Waals surface area (Å²) in [5, 5.41) is 68.2. The molecule has 1 amide bonds. The number of phenolic OH excluding ortho intramolecular Hbond substituents is 3. The third kappa shape index (κ3) is 10.6. The number of hydrazone groups is 1. The molecule has 7 rings (SSSR count). The van der Waals surface area contributed by atoms with E-state index in [2.05, 4.69) is 10.2 Å². The molecule has 4 heterocycles. The third-order valence-electron chi connectivity index (χ3n) is 13.9. The molecule has 0 aliphatic carbocycles. The van der Waals surface area contributed by atoms with Crippen molar-refractivity contribution in [1.82, 2.24) is 9.91 Å². The number of carbonyl (C=O) groups is 3. The van der Waals surface area contributed by atoms with E-state index in [9.17, 15) is 39.9 Å². The summed E-state index contributed by atoms with van der Waals surface area (Å²) in [6.07, 6.45) is 4.84. The number of ether oxygens (including phenoxy) is 5. The number of aliphatic hydroxyl groups is 2. The number of hydrogen-bond donors (Lipinski definition) is 6. The molecule has 5 bridgehead atoms. The number of allylic oxidation sites excluding steroid dienone is 2. The number of piperazine rings is 1. The van der Waals surface area contributed by atoms with E-state index in [1.165, 1.54) is 59.4 Å². The van der Waals surface area contributed by atoms with E-state index in [1.807, 2.05) is 43.1 Å². The number of Topliss-reactive ketones (excluding diaryl/α,β-unsaturated/α-hetero) is 1. The largest absolute Gasteiger partial charge is 0.507 e. The van der Waals surface area contributed by atoms with Gasteiger partial charge < -0.3 is 54.5 Å². The second-order valence-corrected chi connectivity index (χ2v) is 19.0. The van der Waals surface area contributed by atoms with Crippen LogP contribution in [-0.2, 0) is 30.3 Å². The van der Waals surface area contributed by atoms with E-state index in [0.29, 0.717) is 19.6 Å². The van der Waals surface area contributed by atoms with Crippen LogP contribution in [0.1, 0.15) is 89.4 Å². The van der Waals surface area contributed by atoms with Gasteiger partial charge in [0.1, 0.15) is 29.1 Å². The van der Waals surface area contributed by atoms with Crippen LogP contribution in [-0.4, -0.2) is 129 Å². The molecule has 69 heavy (non-hydrogen) atoms. The van der Waals surface area contributed by atoms with Crippen molar-refractivity contribution in [2.45, 2.75) is 118 Å². The van der Waals surface area contributed by atoms with Crippen LogP contribution in [0, 0.1) is 30.6 Å². The Labute approximate surface area is 403 Å². The normalized spacial score (nSPS) is 31.2. The van der Waals surface area contributed by atoms with Crippen LogP contribution in [0.3, 0.4) is 0 Å². The van der Waals surface area contributed by atoms with Crippen LogP contribution < -0.4 is 14.8 Å². The van der Waals surface area contributed by atoms with Crippen molar-refractivity contribution < 1.29 is 63.6 Å². The number of aliphatic hydroxyl groups excluding tert-OH is 2. The van der Waals surface area contributed by atoms with E-state index in [1.54, 1.807) is 47.0 Å². The number of rotatable bonds is 7. The second kappa shape index (κ2) is 21.2. The smallest absolute Gasteiger partial charge is 0.312 e. The Morgan fingerprint density at radius 1 is 0.899 bits per heavy atom. The fourth-order valence-corrected chi connectivity index (χ4v) is 9.77. The van der Waals surface area contributed by atoms with Crippen molar-refractivity contribution >= 4 is 40.3 Å². The van der Waals surface area contributed by atoms with Crippen molar-refractivity contribution in [2.24, 2.45) is 28.8 Å². The van der Waals surface area contributed by atoms with Crippen molar-refractivity contribution in [3.8, 4) is 28.7 Å². The summed E-state index contributed by atoms with van der Waals surface area (Å²) in [7, 11) is 3.06. The molecule has 1 saturated heterocycles. The molecule has 17 heteroatoms. The lowest BCUT2D eigenvalue weighted by molar-refractivity contribution is -0.160. The van der Waals surface area contributed by atoms with Crippen LogP contribution in [0.2, 0.25) is 0 Å². The maximum absolute atomic E-state index is 14.7. The summed E-state index contributed by atoms with van der Waals surface area (Å²) < 4.78 is 29.1. The lowest BCUT2D eigenvalue weighted by Crippen LogP contribution is -2.54. The highest BCUT2D eigenvalue weighted by Gasteiger charge is 2.50. The van der Waals surface area contributed by atoms with Gasteiger partial charge >= 0.3 is 11.8 Å². The molecule has 2 unspecified atom stereocenters. The van der Waals surface area contributed by atoms with Gasteiger partial charge in [-0.25, -0.2) is 0 Å². The molecule has 0 aromatic heterocycles. The van der Waals surface area contributed by atoms with E-state index in [-0.39, 0.29) is 56.6 Å². The number of phenols is 3. The minimum Gasteiger partial charge on any atom is -0.507 e. The number of hydrogen-bond acceptors (Lipinski definition) is 16. The standard InChI is InChI=1S/C52H68N4O13/c1-26-14-13-15-27(2)51(64)54-42-37(22-53-56-28(3)23-55(24-29(56)4)25-35-16-18-36(65-11)19-17-35)46(61)39-40(47(42)62)45(60)33(8)49-41(39)50(63)52(10,69-49)67-21-20-38(66-12)30(5)48(68-34(9)57)32(7)44(59)31(6)43(26)58/h13-22,26,28-32,38,43-44,48,58-62H,23-25H2,1-12H3,(H,54,64)/b14-13+,21-20+,27-15-,53-22+/t26-,28?,29?,30+,31+,32+,38-,43-,44+,48+,52-/m0/s1. The average molecular weight is 957 g/mol. The Balaban J connectivity index is 1.47. The van der Waals surface area contributed by atoms with Crippen molar-refractivity contribution in [1.29, 1.82) is 0 Å². The first kappa shape index (κ1) is 52.2. The molecule has 17 nitrogen and oxygen atoms in total. The molecule has 0 radical (unpaired) electrons.